The Morgan fingerprint density at radius 3 is 2.52 bits per heavy atom. The quantitative estimate of drug-likeness (QED) is 0.586. The molecule has 3 aliphatic rings. The van der Waals surface area contributed by atoms with Crippen molar-refractivity contribution in [1.82, 2.24) is 9.80 Å². The Hall–Kier alpha value is -1.29. The van der Waals surface area contributed by atoms with E-state index in [9.17, 15) is 0 Å². The fraction of sp³-hybridized carbons (Fsp3) is 0.538. The van der Waals surface area contributed by atoms with Gasteiger partial charge >= 0.3 is 0 Å². The summed E-state index contributed by atoms with van der Waals surface area (Å²) in [7, 11) is 0. The Balaban J connectivity index is 1.40. The Morgan fingerprint density at radius 2 is 1.72 bits per heavy atom. The largest absolute Gasteiger partial charge is 0.303 e. The fourth-order valence-corrected chi connectivity index (χ4v) is 6.12. The molecule has 0 unspecified atom stereocenters. The maximum atomic E-state index is 2.75. The van der Waals surface area contributed by atoms with Crippen LogP contribution in [0.5, 0.6) is 0 Å². The summed E-state index contributed by atoms with van der Waals surface area (Å²) < 4.78 is 0. The van der Waals surface area contributed by atoms with Gasteiger partial charge < -0.3 is 4.90 Å². The van der Waals surface area contributed by atoms with Crippen molar-refractivity contribution >= 4 is 11.8 Å². The molecule has 0 N–H and O–H groups in total. The second-order valence-corrected chi connectivity index (χ2v) is 9.97. The molecule has 0 aromatic heterocycles. The monoisotopic (exact) mass is 406 g/mol. The Kier molecular flexibility index (Phi) is 5.99. The summed E-state index contributed by atoms with van der Waals surface area (Å²) in [5.74, 6) is 0.520. The molecule has 3 heteroatoms. The lowest BCUT2D eigenvalue weighted by Crippen LogP contribution is -2.35. The van der Waals surface area contributed by atoms with Crippen molar-refractivity contribution in [3.8, 4) is 0 Å². The molecule has 3 heterocycles. The Morgan fingerprint density at radius 1 is 0.897 bits per heavy atom. The molecular weight excluding hydrogens is 372 g/mol. The summed E-state index contributed by atoms with van der Waals surface area (Å²) in [5, 5.41) is 0. The summed E-state index contributed by atoms with van der Waals surface area (Å²) in [4.78, 5) is 6.78. The number of hydrogen-bond acceptors (Lipinski definition) is 3. The third kappa shape index (κ3) is 4.15. The summed E-state index contributed by atoms with van der Waals surface area (Å²) in [5.41, 5.74) is 6.24. The summed E-state index contributed by atoms with van der Waals surface area (Å²) in [6.45, 7) is 6.28. The minimum absolute atomic E-state index is 0.520. The van der Waals surface area contributed by atoms with Gasteiger partial charge in [-0.25, -0.2) is 0 Å². The number of hydrogen-bond donors (Lipinski definition) is 0. The van der Waals surface area contributed by atoms with E-state index in [2.05, 4.69) is 58.5 Å². The predicted molar refractivity (Wildman–Crippen MR) is 124 cm³/mol. The number of fused-ring (bicyclic) bond motifs is 3. The van der Waals surface area contributed by atoms with Crippen LogP contribution in [-0.4, -0.2) is 48.8 Å². The molecule has 154 valence electrons. The Bertz CT molecular complexity index is 825. The highest BCUT2D eigenvalue weighted by atomic mass is 32.2. The van der Waals surface area contributed by atoms with Crippen LogP contribution in [0.2, 0.25) is 0 Å². The lowest BCUT2D eigenvalue weighted by Gasteiger charge is -2.38. The van der Waals surface area contributed by atoms with E-state index < -0.39 is 0 Å². The van der Waals surface area contributed by atoms with Gasteiger partial charge in [-0.15, -0.1) is 11.8 Å². The number of nitrogens with zero attached hydrogens (tertiary/aromatic N) is 2. The van der Waals surface area contributed by atoms with Crippen molar-refractivity contribution in [2.24, 2.45) is 0 Å². The van der Waals surface area contributed by atoms with E-state index in [-0.39, 0.29) is 0 Å². The second kappa shape index (κ2) is 8.83. The SMILES string of the molecule is CSc1ccc([C@H]2CN3CCC[C@H]3c3cc(CCN4CCCCC4)ccc32)cc1. The molecule has 2 atom stereocenters. The third-order valence-electron chi connectivity index (χ3n) is 7.35. The molecule has 0 aliphatic carbocycles. The average molecular weight is 407 g/mol. The maximum Gasteiger partial charge on any atom is 0.0352 e. The van der Waals surface area contributed by atoms with E-state index in [4.69, 9.17) is 0 Å². The van der Waals surface area contributed by atoms with Gasteiger partial charge in [-0.3, -0.25) is 4.90 Å². The molecule has 5 rings (SSSR count). The van der Waals surface area contributed by atoms with E-state index in [1.54, 1.807) is 16.7 Å². The first kappa shape index (κ1) is 19.7. The second-order valence-electron chi connectivity index (χ2n) is 9.09. The summed E-state index contributed by atoms with van der Waals surface area (Å²) >= 11 is 1.83. The molecule has 0 amide bonds. The van der Waals surface area contributed by atoms with Gasteiger partial charge in [-0.05, 0) is 92.4 Å². The van der Waals surface area contributed by atoms with Crippen LogP contribution >= 0.6 is 11.8 Å². The van der Waals surface area contributed by atoms with Crippen LogP contribution in [0.4, 0.5) is 0 Å². The third-order valence-corrected chi connectivity index (χ3v) is 8.09. The standard InChI is InChI=1S/C26H34N2S/c1-29-22-10-8-21(9-11-22)25-19-28-16-5-6-26(28)24-18-20(7-12-23(24)25)13-17-27-14-3-2-4-15-27/h7-12,18,25-26H,2-6,13-17,19H2,1H3/t25-,26+/m1/s1. The van der Waals surface area contributed by atoms with Gasteiger partial charge in [-0.2, -0.15) is 0 Å². The first-order valence-corrected chi connectivity index (χ1v) is 12.8. The zero-order valence-corrected chi connectivity index (χ0v) is 18.6. The van der Waals surface area contributed by atoms with Crippen LogP contribution in [0.1, 0.15) is 66.3 Å². The highest BCUT2D eigenvalue weighted by Crippen LogP contribution is 2.44. The number of rotatable bonds is 5. The zero-order chi connectivity index (χ0) is 19.6. The molecule has 2 aromatic carbocycles. The zero-order valence-electron chi connectivity index (χ0n) is 17.8. The first-order valence-electron chi connectivity index (χ1n) is 11.5. The van der Waals surface area contributed by atoms with Crippen molar-refractivity contribution in [2.75, 3.05) is 39.0 Å². The van der Waals surface area contributed by atoms with E-state index in [0.717, 1.165) is 0 Å². The van der Waals surface area contributed by atoms with Crippen LogP contribution in [0, 0.1) is 0 Å². The van der Waals surface area contributed by atoms with Crippen LogP contribution in [0.15, 0.2) is 47.4 Å². The molecule has 0 spiro atoms. The minimum Gasteiger partial charge on any atom is -0.303 e. The molecule has 0 bridgehead atoms. The van der Waals surface area contributed by atoms with Crippen molar-refractivity contribution in [3.63, 3.8) is 0 Å². The number of likely N-dealkylation sites (tertiary alicyclic amines) is 1. The van der Waals surface area contributed by atoms with Crippen molar-refractivity contribution in [3.05, 3.63) is 64.7 Å². The Labute approximate surface area is 180 Å². The van der Waals surface area contributed by atoms with Gasteiger partial charge in [0.25, 0.3) is 0 Å². The fourth-order valence-electron chi connectivity index (χ4n) is 5.71. The van der Waals surface area contributed by atoms with Crippen molar-refractivity contribution in [1.29, 1.82) is 0 Å². The van der Waals surface area contributed by atoms with Gasteiger partial charge in [0.1, 0.15) is 0 Å². The van der Waals surface area contributed by atoms with E-state index >= 15 is 0 Å². The van der Waals surface area contributed by atoms with E-state index in [1.165, 1.54) is 81.7 Å². The smallest absolute Gasteiger partial charge is 0.0352 e. The first-order chi connectivity index (χ1) is 14.3. The summed E-state index contributed by atoms with van der Waals surface area (Å²) in [6, 6.07) is 17.4. The van der Waals surface area contributed by atoms with Crippen molar-refractivity contribution in [2.45, 2.75) is 55.4 Å². The van der Waals surface area contributed by atoms with Crippen LogP contribution < -0.4 is 0 Å². The lowest BCUT2D eigenvalue weighted by molar-refractivity contribution is 0.228. The summed E-state index contributed by atoms with van der Waals surface area (Å²) in [6.07, 6.45) is 10.2. The van der Waals surface area contributed by atoms with Gasteiger partial charge in [0.05, 0.1) is 0 Å². The molecule has 0 saturated carbocycles. The molecule has 2 fully saturated rings. The molecule has 29 heavy (non-hydrogen) atoms. The van der Waals surface area contributed by atoms with Gasteiger partial charge in [0.2, 0.25) is 0 Å². The highest BCUT2D eigenvalue weighted by Gasteiger charge is 2.36. The van der Waals surface area contributed by atoms with E-state index in [0.29, 0.717) is 12.0 Å². The molecular formula is C26H34N2S. The van der Waals surface area contributed by atoms with Crippen LogP contribution in [-0.2, 0) is 6.42 Å². The van der Waals surface area contributed by atoms with Crippen LogP contribution in [0.3, 0.4) is 0 Å². The number of benzene rings is 2. The predicted octanol–water partition coefficient (Wildman–Crippen LogP) is 5.72. The van der Waals surface area contributed by atoms with Crippen molar-refractivity contribution < 1.29 is 0 Å². The molecule has 2 saturated heterocycles. The highest BCUT2D eigenvalue weighted by molar-refractivity contribution is 7.98. The molecule has 0 radical (unpaired) electrons. The average Bonchev–Trinajstić information content (AvgIpc) is 3.27. The van der Waals surface area contributed by atoms with Gasteiger partial charge in [-0.1, -0.05) is 36.8 Å². The van der Waals surface area contributed by atoms with Crippen LogP contribution in [0.25, 0.3) is 0 Å². The topological polar surface area (TPSA) is 6.48 Å². The normalized spacial score (nSPS) is 25.0. The number of thioether (sulfide) groups is 1. The minimum atomic E-state index is 0.520. The van der Waals surface area contributed by atoms with Gasteiger partial charge in [0.15, 0.2) is 0 Å². The number of piperidine rings is 1. The van der Waals surface area contributed by atoms with E-state index in [1.807, 2.05) is 11.8 Å². The molecule has 2 aromatic rings. The van der Waals surface area contributed by atoms with Gasteiger partial charge in [0, 0.05) is 29.9 Å². The molecule has 3 aliphatic heterocycles. The maximum absolute atomic E-state index is 2.75. The lowest BCUT2D eigenvalue weighted by atomic mass is 9.80. The molecule has 2 nitrogen and oxygen atoms in total.